The van der Waals surface area contributed by atoms with Gasteiger partial charge >= 0.3 is 11.9 Å². The van der Waals surface area contributed by atoms with Crippen molar-refractivity contribution in [3.05, 3.63) is 50.4 Å². The van der Waals surface area contributed by atoms with Gasteiger partial charge in [0.25, 0.3) is 11.5 Å². The number of aromatic amines is 1. The summed E-state index contributed by atoms with van der Waals surface area (Å²) in [5.41, 5.74) is 7.53. The first-order valence-corrected chi connectivity index (χ1v) is 12.3. The third-order valence-corrected chi connectivity index (χ3v) is 7.03. The Morgan fingerprint density at radius 1 is 1.32 bits per heavy atom. The van der Waals surface area contributed by atoms with Gasteiger partial charge in [0.1, 0.15) is 10.6 Å². The Hall–Kier alpha value is -3.48. The van der Waals surface area contributed by atoms with E-state index in [2.05, 4.69) is 15.3 Å². The Morgan fingerprint density at radius 2 is 2.11 bits per heavy atom. The van der Waals surface area contributed by atoms with Gasteiger partial charge < -0.3 is 30.6 Å². The average Bonchev–Trinajstić information content (AvgIpc) is 3.24. The van der Waals surface area contributed by atoms with Crippen LogP contribution in [0.3, 0.4) is 0 Å². The van der Waals surface area contributed by atoms with Crippen LogP contribution in [0.15, 0.2) is 23.0 Å². The summed E-state index contributed by atoms with van der Waals surface area (Å²) in [4.78, 5) is 53.9. The predicted octanol–water partition coefficient (Wildman–Crippen LogP) is 2.95. The van der Waals surface area contributed by atoms with Gasteiger partial charge in [0.15, 0.2) is 6.61 Å². The number of esters is 1. The maximum Gasteiger partial charge on any atom is 0.372 e. The summed E-state index contributed by atoms with van der Waals surface area (Å²) in [5, 5.41) is 12.1. The van der Waals surface area contributed by atoms with Crippen molar-refractivity contribution in [2.24, 2.45) is 5.73 Å². The van der Waals surface area contributed by atoms with E-state index in [1.54, 1.807) is 6.92 Å². The van der Waals surface area contributed by atoms with Crippen LogP contribution in [0.2, 0.25) is 0 Å². The lowest BCUT2D eigenvalue weighted by molar-refractivity contribution is -0.143. The summed E-state index contributed by atoms with van der Waals surface area (Å²) >= 11 is 1.34. The van der Waals surface area contributed by atoms with Crippen LogP contribution in [0.1, 0.15) is 58.7 Å². The van der Waals surface area contributed by atoms with Gasteiger partial charge in [0.2, 0.25) is 5.82 Å². The van der Waals surface area contributed by atoms with Crippen LogP contribution in [-0.4, -0.2) is 46.1 Å². The molecule has 3 heterocycles. The summed E-state index contributed by atoms with van der Waals surface area (Å²) in [6, 6.07) is 5.53. The molecule has 198 valence electrons. The van der Waals surface area contributed by atoms with Gasteiger partial charge in [-0.2, -0.15) is 0 Å². The number of carboxylic acids is 1. The third kappa shape index (κ3) is 6.27. The standard InChI is InChI=1S/C15H16N2O5S.C9H10N2O2.ClH/c1-2-22-9(18)6-7-4-3-5-8-10(7)11-13(19)16-12(15(20)21)17-14(11)23-8;10-4-6-1-2-8-7(3-6)11-9(12)5-13-8;/h7H,2-6H2,1H3,(H,20,21)(H,16,17,19);1-3H,4-5,10H2,(H,11,12);1H. The van der Waals surface area contributed by atoms with Crippen molar-refractivity contribution in [1.82, 2.24) is 9.97 Å². The molecule has 1 unspecified atom stereocenters. The SMILES string of the molecule is CCOC(=O)CC1CCCc2sc3nc(C(=O)O)[nH]c(=O)c3c21.Cl.NCc1ccc2c(c1)NC(=O)CO2. The van der Waals surface area contributed by atoms with E-state index < -0.39 is 11.5 Å². The van der Waals surface area contributed by atoms with Crippen LogP contribution < -0.4 is 21.3 Å². The molecule has 37 heavy (non-hydrogen) atoms. The van der Waals surface area contributed by atoms with E-state index in [9.17, 15) is 19.2 Å². The lowest BCUT2D eigenvalue weighted by Crippen LogP contribution is -2.25. The molecule has 0 fully saturated rings. The van der Waals surface area contributed by atoms with Crippen LogP contribution in [0.5, 0.6) is 5.75 Å². The lowest BCUT2D eigenvalue weighted by atomic mass is 9.84. The van der Waals surface area contributed by atoms with E-state index >= 15 is 0 Å². The number of amides is 1. The molecule has 0 bridgehead atoms. The zero-order chi connectivity index (χ0) is 25.8. The number of carboxylic acid groups (broad SMARTS) is 1. The molecule has 3 aromatic rings. The van der Waals surface area contributed by atoms with Crippen molar-refractivity contribution in [3.63, 3.8) is 0 Å². The molecular weight excluding hydrogens is 524 g/mol. The number of halogens is 1. The Balaban J connectivity index is 0.000000231. The first-order chi connectivity index (χ1) is 17.3. The minimum absolute atomic E-state index is 0. The van der Waals surface area contributed by atoms with Crippen LogP contribution in [-0.2, 0) is 27.3 Å². The molecule has 0 saturated heterocycles. The molecule has 2 aromatic heterocycles. The highest BCUT2D eigenvalue weighted by atomic mass is 35.5. The Morgan fingerprint density at radius 3 is 2.81 bits per heavy atom. The molecule has 11 nitrogen and oxygen atoms in total. The number of nitrogens with zero attached hydrogens (tertiary/aromatic N) is 1. The second-order valence-corrected chi connectivity index (χ2v) is 9.39. The van der Waals surface area contributed by atoms with Crippen molar-refractivity contribution in [3.8, 4) is 5.75 Å². The Kier molecular flexibility index (Phi) is 9.24. The summed E-state index contributed by atoms with van der Waals surface area (Å²) < 4.78 is 10.2. The van der Waals surface area contributed by atoms with Gasteiger partial charge in [0.05, 0.1) is 24.1 Å². The largest absolute Gasteiger partial charge is 0.482 e. The molecule has 5 N–H and O–H groups in total. The number of fused-ring (bicyclic) bond motifs is 4. The number of nitrogens with one attached hydrogen (secondary N) is 2. The van der Waals surface area contributed by atoms with E-state index in [-0.39, 0.29) is 49.1 Å². The van der Waals surface area contributed by atoms with Crippen molar-refractivity contribution in [2.75, 3.05) is 18.5 Å². The number of anilines is 1. The third-order valence-electron chi connectivity index (χ3n) is 5.87. The number of aryl methyl sites for hydroxylation is 1. The number of hydrogen-bond donors (Lipinski definition) is 4. The van der Waals surface area contributed by atoms with Gasteiger partial charge in [0, 0.05) is 11.4 Å². The highest BCUT2D eigenvalue weighted by Gasteiger charge is 2.29. The van der Waals surface area contributed by atoms with Gasteiger partial charge in [-0.15, -0.1) is 23.7 Å². The van der Waals surface area contributed by atoms with Gasteiger partial charge in [-0.1, -0.05) is 6.07 Å². The smallest absolute Gasteiger partial charge is 0.372 e. The number of hydrogen-bond acceptors (Lipinski definition) is 9. The van der Waals surface area contributed by atoms with Crippen LogP contribution >= 0.6 is 23.7 Å². The first kappa shape index (κ1) is 28.1. The highest BCUT2D eigenvalue weighted by molar-refractivity contribution is 7.18. The van der Waals surface area contributed by atoms with Gasteiger partial charge in [-0.05, 0) is 55.4 Å². The molecule has 13 heteroatoms. The highest BCUT2D eigenvalue weighted by Crippen LogP contribution is 2.42. The minimum atomic E-state index is -1.27. The molecule has 0 spiro atoms. The molecule has 5 rings (SSSR count). The monoisotopic (exact) mass is 550 g/mol. The molecule has 0 radical (unpaired) electrons. The van der Waals surface area contributed by atoms with E-state index in [1.807, 2.05) is 18.2 Å². The quantitative estimate of drug-likeness (QED) is 0.348. The zero-order valence-electron chi connectivity index (χ0n) is 20.0. The van der Waals surface area contributed by atoms with Gasteiger partial charge in [-0.3, -0.25) is 14.4 Å². The molecule has 0 saturated carbocycles. The van der Waals surface area contributed by atoms with Gasteiger partial charge in [-0.25, -0.2) is 9.78 Å². The Labute approximate surface area is 221 Å². The van der Waals surface area contributed by atoms with Crippen molar-refractivity contribution in [1.29, 1.82) is 0 Å². The van der Waals surface area contributed by atoms with Crippen LogP contribution in [0.4, 0.5) is 5.69 Å². The fourth-order valence-electron chi connectivity index (χ4n) is 4.33. The number of aromatic nitrogens is 2. The summed E-state index contributed by atoms with van der Waals surface area (Å²) in [5.74, 6) is -1.40. The van der Waals surface area contributed by atoms with E-state index in [0.717, 1.165) is 35.3 Å². The topological polar surface area (TPSA) is 174 Å². The molecule has 1 aliphatic carbocycles. The molecular formula is C24H27ClN4O7S. The van der Waals surface area contributed by atoms with E-state index in [4.69, 9.17) is 20.3 Å². The molecule has 1 atom stereocenters. The lowest BCUT2D eigenvalue weighted by Gasteiger charge is -2.21. The fourth-order valence-corrected chi connectivity index (χ4v) is 5.63. The minimum Gasteiger partial charge on any atom is -0.482 e. The van der Waals surface area contributed by atoms with Crippen LogP contribution in [0.25, 0.3) is 10.2 Å². The number of aromatic carboxylic acids is 1. The molecule has 2 aliphatic rings. The number of nitrogens with two attached hydrogens (primary N) is 1. The number of H-pyrrole nitrogens is 1. The fraction of sp³-hybridized carbons (Fsp3) is 0.375. The second kappa shape index (κ2) is 12.2. The van der Waals surface area contributed by atoms with Crippen molar-refractivity contribution < 1.29 is 29.0 Å². The zero-order valence-corrected chi connectivity index (χ0v) is 21.6. The Bertz CT molecular complexity index is 1390. The molecule has 1 aliphatic heterocycles. The maximum absolute atomic E-state index is 12.3. The summed E-state index contributed by atoms with van der Waals surface area (Å²) in [6.07, 6.45) is 2.77. The number of benzene rings is 1. The van der Waals surface area contributed by atoms with Crippen molar-refractivity contribution >= 4 is 57.5 Å². The van der Waals surface area contributed by atoms with E-state index in [1.165, 1.54) is 11.3 Å². The maximum atomic E-state index is 12.3. The van der Waals surface area contributed by atoms with Crippen molar-refractivity contribution in [2.45, 2.75) is 45.1 Å². The number of rotatable bonds is 5. The predicted molar refractivity (Wildman–Crippen MR) is 140 cm³/mol. The number of carbonyl (C=O) groups is 3. The summed E-state index contributed by atoms with van der Waals surface area (Å²) in [7, 11) is 0. The second-order valence-electron chi connectivity index (χ2n) is 8.31. The summed E-state index contributed by atoms with van der Waals surface area (Å²) in [6.45, 7) is 2.64. The van der Waals surface area contributed by atoms with E-state index in [0.29, 0.717) is 34.8 Å². The molecule has 1 aromatic carbocycles. The number of ether oxygens (including phenoxy) is 2. The number of carbonyl (C=O) groups excluding carboxylic acids is 2. The van der Waals surface area contributed by atoms with Crippen LogP contribution in [0, 0.1) is 0 Å². The molecule has 1 amide bonds. The first-order valence-electron chi connectivity index (χ1n) is 11.5. The normalized spacial score (nSPS) is 15.6. The average molecular weight is 551 g/mol. The number of thiophene rings is 1.